The average molecular weight is 331 g/mol. The first-order valence-electron chi connectivity index (χ1n) is 9.17. The molecule has 1 aromatic rings. The van der Waals surface area contributed by atoms with Crippen molar-refractivity contribution in [3.8, 4) is 0 Å². The molecule has 3 heterocycles. The van der Waals surface area contributed by atoms with Crippen LogP contribution in [0.2, 0.25) is 0 Å². The molecule has 0 aliphatic carbocycles. The lowest BCUT2D eigenvalue weighted by Gasteiger charge is -2.25. The van der Waals surface area contributed by atoms with Gasteiger partial charge in [0.1, 0.15) is 0 Å². The molecule has 1 amide bonds. The molecule has 2 saturated heterocycles. The van der Waals surface area contributed by atoms with Crippen LogP contribution in [0.4, 0.5) is 0 Å². The van der Waals surface area contributed by atoms with Gasteiger partial charge in [-0.05, 0) is 50.3 Å². The summed E-state index contributed by atoms with van der Waals surface area (Å²) in [5.41, 5.74) is 1.24. The lowest BCUT2D eigenvalue weighted by Crippen LogP contribution is -2.34. The molecule has 0 aromatic carbocycles. The highest BCUT2D eigenvalue weighted by Crippen LogP contribution is 2.21. The Morgan fingerprint density at radius 2 is 2.33 bits per heavy atom. The van der Waals surface area contributed by atoms with Crippen molar-refractivity contribution in [2.75, 3.05) is 33.3 Å². The monoisotopic (exact) mass is 331 g/mol. The third kappa shape index (κ3) is 5.02. The molecule has 0 saturated carbocycles. The van der Waals surface area contributed by atoms with E-state index in [1.54, 1.807) is 6.20 Å². The predicted octanol–water partition coefficient (Wildman–Crippen LogP) is 2.32. The fourth-order valence-electron chi connectivity index (χ4n) is 3.81. The van der Waals surface area contributed by atoms with Crippen LogP contribution in [0.1, 0.15) is 37.7 Å². The van der Waals surface area contributed by atoms with Crippen LogP contribution in [-0.2, 0) is 16.1 Å². The zero-order valence-electron chi connectivity index (χ0n) is 14.7. The molecule has 2 aliphatic heterocycles. The van der Waals surface area contributed by atoms with Gasteiger partial charge in [0, 0.05) is 45.2 Å². The largest absolute Gasteiger partial charge is 0.378 e. The van der Waals surface area contributed by atoms with E-state index in [9.17, 15) is 4.79 Å². The minimum atomic E-state index is 0.151. The summed E-state index contributed by atoms with van der Waals surface area (Å²) < 4.78 is 5.70. The van der Waals surface area contributed by atoms with Crippen LogP contribution in [0.3, 0.4) is 0 Å². The fraction of sp³-hybridized carbons (Fsp3) is 0.684. The Balaban J connectivity index is 1.40. The number of hydrogen-bond donors (Lipinski definition) is 0. The minimum absolute atomic E-state index is 0.151. The molecule has 1 aromatic heterocycles. The van der Waals surface area contributed by atoms with Crippen molar-refractivity contribution in [1.29, 1.82) is 0 Å². The molecule has 0 N–H and O–H groups in total. The van der Waals surface area contributed by atoms with E-state index in [1.165, 1.54) is 12.0 Å². The molecule has 2 aliphatic rings. The molecule has 2 atom stereocenters. The fourth-order valence-corrected chi connectivity index (χ4v) is 3.81. The van der Waals surface area contributed by atoms with Gasteiger partial charge < -0.3 is 14.5 Å². The van der Waals surface area contributed by atoms with E-state index >= 15 is 0 Å². The van der Waals surface area contributed by atoms with Crippen molar-refractivity contribution < 1.29 is 9.53 Å². The molecule has 5 heteroatoms. The van der Waals surface area contributed by atoms with Crippen LogP contribution in [-0.4, -0.2) is 60.1 Å². The topological polar surface area (TPSA) is 45.7 Å². The zero-order chi connectivity index (χ0) is 16.8. The molecule has 0 radical (unpaired) electrons. The molecule has 24 heavy (non-hydrogen) atoms. The standard InChI is InChI=1S/C19H29N3O2/c1-21(13-16-5-4-8-20-12-16)14-17-7-9-22(15-17)19(23)11-18-6-2-3-10-24-18/h4-5,8,12,17-18H,2-3,6-7,9-11,13-15H2,1H3/t17-,18+/m1/s1. The number of pyridine rings is 1. The number of hydrogen-bond acceptors (Lipinski definition) is 4. The summed E-state index contributed by atoms with van der Waals surface area (Å²) in [5, 5.41) is 0. The Labute approximate surface area is 145 Å². The maximum Gasteiger partial charge on any atom is 0.225 e. The first kappa shape index (κ1) is 17.4. The molecule has 0 unspecified atom stereocenters. The van der Waals surface area contributed by atoms with Gasteiger partial charge in [0.2, 0.25) is 5.91 Å². The summed E-state index contributed by atoms with van der Waals surface area (Å²) in [6, 6.07) is 4.09. The highest BCUT2D eigenvalue weighted by atomic mass is 16.5. The van der Waals surface area contributed by atoms with Gasteiger partial charge in [-0.25, -0.2) is 0 Å². The number of carbonyl (C=O) groups is 1. The Hall–Kier alpha value is -1.46. The third-order valence-electron chi connectivity index (χ3n) is 5.06. The van der Waals surface area contributed by atoms with E-state index in [2.05, 4.69) is 23.0 Å². The number of aromatic nitrogens is 1. The van der Waals surface area contributed by atoms with E-state index < -0.39 is 0 Å². The second kappa shape index (κ2) is 8.58. The van der Waals surface area contributed by atoms with Crippen LogP contribution in [0.5, 0.6) is 0 Å². The Bertz CT molecular complexity index is 517. The first-order chi connectivity index (χ1) is 11.7. The van der Waals surface area contributed by atoms with Crippen molar-refractivity contribution >= 4 is 5.91 Å². The van der Waals surface area contributed by atoms with Crippen LogP contribution < -0.4 is 0 Å². The SMILES string of the molecule is CN(Cc1cccnc1)C[C@H]1CCN(C(=O)C[C@@H]2CCCCO2)C1. The van der Waals surface area contributed by atoms with E-state index in [4.69, 9.17) is 4.74 Å². The summed E-state index contributed by atoms with van der Waals surface area (Å²) in [6.45, 7) is 4.55. The van der Waals surface area contributed by atoms with Gasteiger partial charge in [-0.3, -0.25) is 9.78 Å². The first-order valence-corrected chi connectivity index (χ1v) is 9.17. The summed E-state index contributed by atoms with van der Waals surface area (Å²) in [6.07, 6.45) is 8.92. The molecule has 3 rings (SSSR count). The smallest absolute Gasteiger partial charge is 0.225 e. The maximum atomic E-state index is 12.5. The Morgan fingerprint density at radius 3 is 3.08 bits per heavy atom. The quantitative estimate of drug-likeness (QED) is 0.802. The van der Waals surface area contributed by atoms with Crippen LogP contribution in [0, 0.1) is 5.92 Å². The normalized spacial score (nSPS) is 24.5. The lowest BCUT2D eigenvalue weighted by atomic mass is 10.1. The van der Waals surface area contributed by atoms with E-state index in [0.717, 1.165) is 52.0 Å². The molecule has 2 fully saturated rings. The van der Waals surface area contributed by atoms with Gasteiger partial charge in [-0.1, -0.05) is 6.07 Å². The number of amides is 1. The summed E-state index contributed by atoms with van der Waals surface area (Å²) in [4.78, 5) is 21.0. The molecular formula is C19H29N3O2. The Kier molecular flexibility index (Phi) is 6.21. The number of nitrogens with zero attached hydrogens (tertiary/aromatic N) is 3. The maximum absolute atomic E-state index is 12.5. The second-order valence-electron chi connectivity index (χ2n) is 7.25. The van der Waals surface area contributed by atoms with Crippen LogP contribution >= 0.6 is 0 Å². The molecule has 0 spiro atoms. The van der Waals surface area contributed by atoms with Crippen molar-refractivity contribution in [3.05, 3.63) is 30.1 Å². The third-order valence-corrected chi connectivity index (χ3v) is 5.06. The van der Waals surface area contributed by atoms with Crippen LogP contribution in [0.15, 0.2) is 24.5 Å². The van der Waals surface area contributed by atoms with Gasteiger partial charge in [0.25, 0.3) is 0 Å². The highest BCUT2D eigenvalue weighted by molar-refractivity contribution is 5.77. The highest BCUT2D eigenvalue weighted by Gasteiger charge is 2.29. The van der Waals surface area contributed by atoms with Gasteiger partial charge in [-0.2, -0.15) is 0 Å². The van der Waals surface area contributed by atoms with Gasteiger partial charge in [-0.15, -0.1) is 0 Å². The number of rotatable bonds is 6. The van der Waals surface area contributed by atoms with Gasteiger partial charge in [0.15, 0.2) is 0 Å². The summed E-state index contributed by atoms with van der Waals surface area (Å²) in [5.74, 6) is 0.849. The minimum Gasteiger partial charge on any atom is -0.378 e. The summed E-state index contributed by atoms with van der Waals surface area (Å²) in [7, 11) is 2.15. The van der Waals surface area contributed by atoms with Crippen molar-refractivity contribution in [3.63, 3.8) is 0 Å². The van der Waals surface area contributed by atoms with E-state index in [0.29, 0.717) is 12.3 Å². The predicted molar refractivity (Wildman–Crippen MR) is 93.5 cm³/mol. The van der Waals surface area contributed by atoms with Crippen molar-refractivity contribution in [2.45, 2.75) is 44.8 Å². The molecule has 132 valence electrons. The molecular weight excluding hydrogens is 302 g/mol. The number of ether oxygens (including phenoxy) is 1. The number of carbonyl (C=O) groups excluding carboxylic acids is 1. The number of likely N-dealkylation sites (tertiary alicyclic amines) is 1. The van der Waals surface area contributed by atoms with E-state index in [-0.39, 0.29) is 12.0 Å². The van der Waals surface area contributed by atoms with Crippen LogP contribution in [0.25, 0.3) is 0 Å². The second-order valence-corrected chi connectivity index (χ2v) is 7.25. The van der Waals surface area contributed by atoms with Crippen molar-refractivity contribution in [1.82, 2.24) is 14.8 Å². The average Bonchev–Trinajstić information content (AvgIpc) is 3.05. The summed E-state index contributed by atoms with van der Waals surface area (Å²) >= 11 is 0. The van der Waals surface area contributed by atoms with E-state index in [1.807, 2.05) is 17.2 Å². The van der Waals surface area contributed by atoms with Crippen molar-refractivity contribution in [2.24, 2.45) is 5.92 Å². The van der Waals surface area contributed by atoms with Gasteiger partial charge in [0.05, 0.1) is 12.5 Å². The molecule has 5 nitrogen and oxygen atoms in total. The zero-order valence-corrected chi connectivity index (χ0v) is 14.7. The molecule has 0 bridgehead atoms. The lowest BCUT2D eigenvalue weighted by molar-refractivity contribution is -0.134. The van der Waals surface area contributed by atoms with Gasteiger partial charge >= 0.3 is 0 Å². The Morgan fingerprint density at radius 1 is 1.42 bits per heavy atom.